The monoisotopic (exact) mass is 218 g/mol. The number of rotatable bonds is 3. The van der Waals surface area contributed by atoms with Gasteiger partial charge >= 0.3 is 0 Å². The zero-order valence-electron chi connectivity index (χ0n) is 7.36. The quantitative estimate of drug-likeness (QED) is 0.835. The van der Waals surface area contributed by atoms with Crippen molar-refractivity contribution >= 4 is 32.6 Å². The van der Waals surface area contributed by atoms with Gasteiger partial charge in [0.2, 0.25) is 10.0 Å². The molecule has 0 atom stereocenters. The minimum atomic E-state index is -3.21. The number of hydrogen-bond donors (Lipinski definition) is 1. The van der Waals surface area contributed by atoms with E-state index in [4.69, 9.17) is 0 Å². The van der Waals surface area contributed by atoms with Gasteiger partial charge in [0, 0.05) is 5.56 Å². The average molecular weight is 218 g/mol. The molecule has 1 rings (SSSR count). The lowest BCUT2D eigenvalue weighted by atomic mass is 10.3. The largest absolute Gasteiger partial charge is 0.273 e. The van der Waals surface area contributed by atoms with Gasteiger partial charge in [-0.25, -0.2) is 8.42 Å². The standard InChI is InChI=1S/C7H10N2O2S2/c1-4-6-5(2)7(12-8-6)9-13(3,10)11/h4,9H,1H2,2-3H3. The van der Waals surface area contributed by atoms with E-state index < -0.39 is 10.0 Å². The number of aromatic nitrogens is 1. The van der Waals surface area contributed by atoms with Crippen LogP contribution in [0.2, 0.25) is 0 Å². The predicted octanol–water partition coefficient (Wildman–Crippen LogP) is 1.47. The molecule has 0 aromatic carbocycles. The first-order chi connectivity index (χ1) is 5.94. The molecule has 0 aliphatic rings. The van der Waals surface area contributed by atoms with E-state index in [0.717, 1.165) is 29.0 Å². The van der Waals surface area contributed by atoms with E-state index in [9.17, 15) is 8.42 Å². The van der Waals surface area contributed by atoms with Gasteiger partial charge < -0.3 is 0 Å². The van der Waals surface area contributed by atoms with E-state index in [0.29, 0.717) is 5.00 Å². The molecule has 1 N–H and O–H groups in total. The molecule has 6 heteroatoms. The highest BCUT2D eigenvalue weighted by molar-refractivity contribution is 7.92. The highest BCUT2D eigenvalue weighted by Gasteiger charge is 2.10. The van der Waals surface area contributed by atoms with Crippen molar-refractivity contribution in [2.75, 3.05) is 11.0 Å². The second-order valence-electron chi connectivity index (χ2n) is 2.60. The van der Waals surface area contributed by atoms with E-state index in [2.05, 4.69) is 15.7 Å². The summed E-state index contributed by atoms with van der Waals surface area (Å²) >= 11 is 1.12. The Morgan fingerprint density at radius 1 is 1.62 bits per heavy atom. The molecule has 0 spiro atoms. The van der Waals surface area contributed by atoms with E-state index >= 15 is 0 Å². The molecule has 1 aromatic heterocycles. The third kappa shape index (κ3) is 2.53. The Hall–Kier alpha value is -0.880. The van der Waals surface area contributed by atoms with Crippen molar-refractivity contribution in [1.29, 1.82) is 0 Å². The van der Waals surface area contributed by atoms with Crippen LogP contribution in [0.5, 0.6) is 0 Å². The summed E-state index contributed by atoms with van der Waals surface area (Å²) in [7, 11) is -3.21. The molecule has 0 fully saturated rings. The normalized spacial score (nSPS) is 11.2. The summed E-state index contributed by atoms with van der Waals surface area (Å²) in [6, 6.07) is 0. The van der Waals surface area contributed by atoms with Gasteiger partial charge in [-0.05, 0) is 24.5 Å². The molecule has 13 heavy (non-hydrogen) atoms. The van der Waals surface area contributed by atoms with Gasteiger partial charge in [-0.15, -0.1) is 0 Å². The number of anilines is 1. The van der Waals surface area contributed by atoms with Gasteiger partial charge in [0.25, 0.3) is 0 Å². The van der Waals surface area contributed by atoms with Gasteiger partial charge in [-0.2, -0.15) is 4.37 Å². The maximum absolute atomic E-state index is 10.9. The van der Waals surface area contributed by atoms with Crippen LogP contribution in [-0.4, -0.2) is 19.0 Å². The Balaban J connectivity index is 3.04. The second kappa shape index (κ2) is 3.47. The third-order valence-electron chi connectivity index (χ3n) is 1.43. The Kier molecular flexibility index (Phi) is 2.72. The number of nitrogens with zero attached hydrogens (tertiary/aromatic N) is 1. The number of nitrogens with one attached hydrogen (secondary N) is 1. The van der Waals surface area contributed by atoms with Crippen molar-refractivity contribution in [2.24, 2.45) is 0 Å². The SMILES string of the molecule is C=Cc1nsc(NS(C)(=O)=O)c1C. The fourth-order valence-electron chi connectivity index (χ4n) is 0.802. The molecule has 0 saturated carbocycles. The van der Waals surface area contributed by atoms with Crippen molar-refractivity contribution in [3.63, 3.8) is 0 Å². The van der Waals surface area contributed by atoms with Crippen LogP contribution < -0.4 is 4.72 Å². The van der Waals surface area contributed by atoms with E-state index in [-0.39, 0.29) is 0 Å². The highest BCUT2D eigenvalue weighted by atomic mass is 32.2. The van der Waals surface area contributed by atoms with Crippen LogP contribution in [0.4, 0.5) is 5.00 Å². The van der Waals surface area contributed by atoms with Gasteiger partial charge in [-0.3, -0.25) is 4.72 Å². The summed E-state index contributed by atoms with van der Waals surface area (Å²) in [5, 5.41) is 0.553. The van der Waals surface area contributed by atoms with E-state index in [1.807, 2.05) is 0 Å². The van der Waals surface area contributed by atoms with Crippen LogP contribution in [-0.2, 0) is 10.0 Å². The van der Waals surface area contributed by atoms with Crippen LogP contribution >= 0.6 is 11.5 Å². The van der Waals surface area contributed by atoms with E-state index in [1.165, 1.54) is 0 Å². The van der Waals surface area contributed by atoms with Crippen LogP contribution in [0.3, 0.4) is 0 Å². The first-order valence-corrected chi connectivity index (χ1v) is 6.17. The second-order valence-corrected chi connectivity index (χ2v) is 5.12. The summed E-state index contributed by atoms with van der Waals surface area (Å²) in [4.78, 5) is 0. The summed E-state index contributed by atoms with van der Waals surface area (Å²) < 4.78 is 28.2. The number of hydrogen-bond acceptors (Lipinski definition) is 4. The summed E-state index contributed by atoms with van der Waals surface area (Å²) in [6.07, 6.45) is 2.71. The number of sulfonamides is 1. The molecular weight excluding hydrogens is 208 g/mol. The zero-order valence-corrected chi connectivity index (χ0v) is 9.00. The van der Waals surface area contributed by atoms with Gasteiger partial charge in [0.1, 0.15) is 5.00 Å². The smallest absolute Gasteiger partial charge is 0.230 e. The molecule has 0 unspecified atom stereocenters. The maximum atomic E-state index is 10.9. The molecule has 0 saturated heterocycles. The molecule has 0 aliphatic carbocycles. The van der Waals surface area contributed by atoms with Crippen molar-refractivity contribution in [3.8, 4) is 0 Å². The summed E-state index contributed by atoms with van der Waals surface area (Å²) in [5.41, 5.74) is 1.53. The highest BCUT2D eigenvalue weighted by Crippen LogP contribution is 2.24. The van der Waals surface area contributed by atoms with Crippen LogP contribution in [0.25, 0.3) is 6.08 Å². The lowest BCUT2D eigenvalue weighted by molar-refractivity contribution is 0.607. The van der Waals surface area contributed by atoms with Crippen LogP contribution in [0.1, 0.15) is 11.3 Å². The Bertz CT molecular complexity index is 420. The third-order valence-corrected chi connectivity index (χ3v) is 3.01. The Labute approximate surface area is 81.5 Å². The lowest BCUT2D eigenvalue weighted by Gasteiger charge is -1.99. The fourth-order valence-corrected chi connectivity index (χ4v) is 2.54. The van der Waals surface area contributed by atoms with Crippen molar-refractivity contribution < 1.29 is 8.42 Å². The van der Waals surface area contributed by atoms with Gasteiger partial charge in [0.15, 0.2) is 0 Å². The Morgan fingerprint density at radius 2 is 2.23 bits per heavy atom. The minimum absolute atomic E-state index is 0.553. The van der Waals surface area contributed by atoms with Crippen molar-refractivity contribution in [2.45, 2.75) is 6.92 Å². The maximum Gasteiger partial charge on any atom is 0.230 e. The summed E-state index contributed by atoms with van der Waals surface area (Å²) in [6.45, 7) is 5.37. The molecule has 0 aliphatic heterocycles. The molecule has 1 heterocycles. The summed E-state index contributed by atoms with van der Waals surface area (Å²) in [5.74, 6) is 0. The van der Waals surface area contributed by atoms with Crippen molar-refractivity contribution in [1.82, 2.24) is 4.37 Å². The molecule has 4 nitrogen and oxygen atoms in total. The molecular formula is C7H10N2O2S2. The minimum Gasteiger partial charge on any atom is -0.273 e. The molecule has 72 valence electrons. The van der Waals surface area contributed by atoms with Crippen molar-refractivity contribution in [3.05, 3.63) is 17.8 Å². The Morgan fingerprint density at radius 3 is 2.62 bits per heavy atom. The van der Waals surface area contributed by atoms with Gasteiger partial charge in [0.05, 0.1) is 11.9 Å². The molecule has 0 radical (unpaired) electrons. The molecule has 0 bridgehead atoms. The fraction of sp³-hybridized carbons (Fsp3) is 0.286. The first kappa shape index (κ1) is 10.2. The lowest BCUT2D eigenvalue weighted by Crippen LogP contribution is -2.08. The topological polar surface area (TPSA) is 59.1 Å². The average Bonchev–Trinajstić information content (AvgIpc) is 2.30. The van der Waals surface area contributed by atoms with E-state index in [1.54, 1.807) is 13.0 Å². The zero-order chi connectivity index (χ0) is 10.1. The van der Waals surface area contributed by atoms with Crippen LogP contribution in [0, 0.1) is 6.92 Å². The van der Waals surface area contributed by atoms with Gasteiger partial charge in [-0.1, -0.05) is 6.58 Å². The molecule has 0 amide bonds. The predicted molar refractivity (Wildman–Crippen MR) is 55.4 cm³/mol. The molecule has 1 aromatic rings. The van der Waals surface area contributed by atoms with Crippen LogP contribution in [0.15, 0.2) is 6.58 Å². The first-order valence-electron chi connectivity index (χ1n) is 3.50.